The van der Waals surface area contributed by atoms with E-state index in [-0.39, 0.29) is 11.8 Å². The Morgan fingerprint density at radius 2 is 2.09 bits per heavy atom. The Bertz CT molecular complexity index is 710. The predicted octanol–water partition coefficient (Wildman–Crippen LogP) is 1.99. The molecule has 0 bridgehead atoms. The minimum atomic E-state index is -0.450. The number of aryl methyl sites for hydroxylation is 1. The molecule has 3 rings (SSSR count). The Kier molecular flexibility index (Phi) is 4.14. The maximum atomic E-state index is 12.8. The van der Waals surface area contributed by atoms with Crippen LogP contribution in [0, 0.1) is 6.92 Å². The van der Waals surface area contributed by atoms with Crippen molar-refractivity contribution in [3.63, 3.8) is 0 Å². The van der Waals surface area contributed by atoms with Gasteiger partial charge in [-0.15, -0.1) is 0 Å². The molecule has 1 saturated heterocycles. The van der Waals surface area contributed by atoms with Gasteiger partial charge in [-0.05, 0) is 38.0 Å². The van der Waals surface area contributed by atoms with Crippen molar-refractivity contribution < 1.29 is 9.59 Å². The minimum Gasteiger partial charge on any atom is -0.328 e. The molecule has 1 atom stereocenters. The first-order valence-electron chi connectivity index (χ1n) is 7.73. The number of aromatic nitrogens is 2. The number of para-hydroxylation sites is 1. The summed E-state index contributed by atoms with van der Waals surface area (Å²) in [5, 5.41) is 6.75. The molecule has 1 aliphatic heterocycles. The number of piperidine rings is 1. The van der Waals surface area contributed by atoms with E-state index in [0.717, 1.165) is 17.8 Å². The van der Waals surface area contributed by atoms with Crippen molar-refractivity contribution in [2.75, 3.05) is 18.5 Å². The van der Waals surface area contributed by atoms with Gasteiger partial charge in [0.05, 0.1) is 0 Å². The van der Waals surface area contributed by atoms with Crippen molar-refractivity contribution >= 4 is 17.5 Å². The summed E-state index contributed by atoms with van der Waals surface area (Å²) in [4.78, 5) is 28.6. The number of H-pyrrole nitrogens is 1. The second-order valence-corrected chi connectivity index (χ2v) is 5.84. The standard InChI is InChI=1S/C17H20N4O2/c1-12-11-14(19-18-12)16(22)20(2)15-9-6-10-21(17(15)23)13-7-4-3-5-8-13/h3-5,7-8,11,15H,6,9-10H2,1-2H3,(H,18,19)/t15-/m1/s1. The highest BCUT2D eigenvalue weighted by Crippen LogP contribution is 2.23. The molecule has 1 aromatic carbocycles. The number of anilines is 1. The molecule has 0 radical (unpaired) electrons. The van der Waals surface area contributed by atoms with Crippen LogP contribution in [0.3, 0.4) is 0 Å². The summed E-state index contributed by atoms with van der Waals surface area (Å²) in [7, 11) is 1.67. The van der Waals surface area contributed by atoms with Crippen molar-refractivity contribution in [3.8, 4) is 0 Å². The Morgan fingerprint density at radius 3 is 2.74 bits per heavy atom. The molecule has 6 nitrogen and oxygen atoms in total. The molecule has 23 heavy (non-hydrogen) atoms. The molecule has 2 aromatic rings. The number of benzene rings is 1. The van der Waals surface area contributed by atoms with E-state index in [9.17, 15) is 9.59 Å². The summed E-state index contributed by atoms with van der Waals surface area (Å²) in [6, 6.07) is 10.8. The number of aromatic amines is 1. The SMILES string of the molecule is Cc1cc(C(=O)N(C)[C@@H]2CCCN(c3ccccc3)C2=O)n[nH]1. The molecule has 0 spiro atoms. The highest BCUT2D eigenvalue weighted by Gasteiger charge is 2.35. The zero-order valence-electron chi connectivity index (χ0n) is 13.3. The van der Waals surface area contributed by atoms with E-state index in [0.29, 0.717) is 18.7 Å². The number of hydrogen-bond donors (Lipinski definition) is 1. The summed E-state index contributed by atoms with van der Waals surface area (Å²) < 4.78 is 0. The first-order chi connectivity index (χ1) is 11.1. The normalized spacial score (nSPS) is 18.1. The lowest BCUT2D eigenvalue weighted by molar-refractivity contribution is -0.124. The maximum Gasteiger partial charge on any atom is 0.274 e. The number of amides is 2. The van der Waals surface area contributed by atoms with Gasteiger partial charge in [-0.25, -0.2) is 0 Å². The predicted molar refractivity (Wildman–Crippen MR) is 87.2 cm³/mol. The first-order valence-corrected chi connectivity index (χ1v) is 7.73. The van der Waals surface area contributed by atoms with Crippen LogP contribution in [0.1, 0.15) is 29.0 Å². The van der Waals surface area contributed by atoms with E-state index < -0.39 is 6.04 Å². The third-order valence-corrected chi connectivity index (χ3v) is 4.19. The van der Waals surface area contributed by atoms with Gasteiger partial charge in [0, 0.05) is 25.0 Å². The first kappa shape index (κ1) is 15.3. The van der Waals surface area contributed by atoms with Gasteiger partial charge in [-0.3, -0.25) is 14.7 Å². The van der Waals surface area contributed by atoms with Crippen LogP contribution < -0.4 is 4.90 Å². The van der Waals surface area contributed by atoms with E-state index in [2.05, 4.69) is 10.2 Å². The highest BCUT2D eigenvalue weighted by atomic mass is 16.2. The van der Waals surface area contributed by atoms with Crippen LogP contribution in [0.4, 0.5) is 5.69 Å². The second kappa shape index (κ2) is 6.24. The summed E-state index contributed by atoms with van der Waals surface area (Å²) in [6.07, 6.45) is 1.54. The van der Waals surface area contributed by atoms with Gasteiger partial charge in [0.15, 0.2) is 0 Å². The molecule has 120 valence electrons. The lowest BCUT2D eigenvalue weighted by Gasteiger charge is -2.36. The molecule has 1 fully saturated rings. The van der Waals surface area contributed by atoms with Crippen molar-refractivity contribution in [1.82, 2.24) is 15.1 Å². The van der Waals surface area contributed by atoms with Crippen LogP contribution in [0.2, 0.25) is 0 Å². The number of rotatable bonds is 3. The Hall–Kier alpha value is -2.63. The third kappa shape index (κ3) is 2.97. The van der Waals surface area contributed by atoms with Crippen LogP contribution in [0.15, 0.2) is 36.4 Å². The van der Waals surface area contributed by atoms with Gasteiger partial charge in [0.25, 0.3) is 5.91 Å². The van der Waals surface area contributed by atoms with Crippen LogP contribution in [0.5, 0.6) is 0 Å². The lowest BCUT2D eigenvalue weighted by Crippen LogP contribution is -2.53. The number of carbonyl (C=O) groups is 2. The molecular weight excluding hydrogens is 292 g/mol. The van der Waals surface area contributed by atoms with Gasteiger partial charge in [-0.1, -0.05) is 18.2 Å². The maximum absolute atomic E-state index is 12.8. The fraction of sp³-hybridized carbons (Fsp3) is 0.353. The summed E-state index contributed by atoms with van der Waals surface area (Å²) in [5.74, 6) is -0.270. The van der Waals surface area contributed by atoms with Crippen molar-refractivity contribution in [1.29, 1.82) is 0 Å². The molecule has 1 N–H and O–H groups in total. The molecule has 2 amide bonds. The Labute approximate surface area is 135 Å². The van der Waals surface area contributed by atoms with Gasteiger partial charge in [-0.2, -0.15) is 5.10 Å². The lowest BCUT2D eigenvalue weighted by atomic mass is 10.0. The van der Waals surface area contributed by atoms with Crippen molar-refractivity contribution in [2.45, 2.75) is 25.8 Å². The summed E-state index contributed by atoms with van der Waals surface area (Å²) in [6.45, 7) is 2.52. The van der Waals surface area contributed by atoms with E-state index in [1.807, 2.05) is 37.3 Å². The number of carbonyl (C=O) groups excluding carboxylic acids is 2. The number of nitrogens with one attached hydrogen (secondary N) is 1. The largest absolute Gasteiger partial charge is 0.328 e. The number of hydrogen-bond acceptors (Lipinski definition) is 3. The molecule has 1 aromatic heterocycles. The molecule has 0 unspecified atom stereocenters. The highest BCUT2D eigenvalue weighted by molar-refractivity contribution is 6.02. The smallest absolute Gasteiger partial charge is 0.274 e. The quantitative estimate of drug-likeness (QED) is 0.942. The van der Waals surface area contributed by atoms with Gasteiger partial charge in [0.2, 0.25) is 5.91 Å². The van der Waals surface area contributed by atoms with E-state index in [1.54, 1.807) is 18.0 Å². The van der Waals surface area contributed by atoms with E-state index >= 15 is 0 Å². The average Bonchev–Trinajstić information content (AvgIpc) is 3.01. The fourth-order valence-corrected chi connectivity index (χ4v) is 2.93. The molecule has 1 aliphatic rings. The van der Waals surface area contributed by atoms with Crippen LogP contribution in [-0.4, -0.2) is 46.5 Å². The summed E-state index contributed by atoms with van der Waals surface area (Å²) >= 11 is 0. The number of likely N-dealkylation sites (N-methyl/N-ethyl adjacent to an activating group) is 1. The van der Waals surface area contributed by atoms with Gasteiger partial charge in [0.1, 0.15) is 11.7 Å². The monoisotopic (exact) mass is 312 g/mol. The van der Waals surface area contributed by atoms with Crippen LogP contribution in [-0.2, 0) is 4.79 Å². The zero-order chi connectivity index (χ0) is 16.4. The molecule has 0 saturated carbocycles. The van der Waals surface area contributed by atoms with Crippen molar-refractivity contribution in [2.24, 2.45) is 0 Å². The molecular formula is C17H20N4O2. The molecule has 6 heteroatoms. The van der Waals surface area contributed by atoms with Gasteiger partial charge >= 0.3 is 0 Å². The zero-order valence-corrected chi connectivity index (χ0v) is 13.3. The van der Waals surface area contributed by atoms with Gasteiger partial charge < -0.3 is 9.80 Å². The van der Waals surface area contributed by atoms with E-state index in [1.165, 1.54) is 4.90 Å². The van der Waals surface area contributed by atoms with Crippen LogP contribution in [0.25, 0.3) is 0 Å². The molecule has 2 heterocycles. The second-order valence-electron chi connectivity index (χ2n) is 5.84. The third-order valence-electron chi connectivity index (χ3n) is 4.19. The minimum absolute atomic E-state index is 0.0365. The van der Waals surface area contributed by atoms with Crippen molar-refractivity contribution in [3.05, 3.63) is 47.8 Å². The summed E-state index contributed by atoms with van der Waals surface area (Å²) in [5.41, 5.74) is 2.04. The fourth-order valence-electron chi connectivity index (χ4n) is 2.93. The van der Waals surface area contributed by atoms with Crippen LogP contribution >= 0.6 is 0 Å². The molecule has 0 aliphatic carbocycles. The topological polar surface area (TPSA) is 69.3 Å². The Balaban J connectivity index is 1.79. The average molecular weight is 312 g/mol. The Morgan fingerprint density at radius 1 is 1.35 bits per heavy atom. The van der Waals surface area contributed by atoms with E-state index in [4.69, 9.17) is 0 Å². The number of nitrogens with zero attached hydrogens (tertiary/aromatic N) is 3.